The summed E-state index contributed by atoms with van der Waals surface area (Å²) in [5.74, 6) is 0. The van der Waals surface area contributed by atoms with Crippen LogP contribution < -0.4 is 5.32 Å². The second-order valence-corrected chi connectivity index (χ2v) is 5.72. The minimum Gasteiger partial charge on any atom is -0.309 e. The molecular weight excluding hydrogens is 206 g/mol. The van der Waals surface area contributed by atoms with Gasteiger partial charge < -0.3 is 5.32 Å². The first-order chi connectivity index (χ1) is 7.00. The lowest BCUT2D eigenvalue weighted by molar-refractivity contribution is 0.263. The minimum absolute atomic E-state index is 0.236. The second kappa shape index (κ2) is 3.80. The molecule has 0 spiro atoms. The minimum atomic E-state index is 0.236. The number of halogens is 1. The van der Waals surface area contributed by atoms with E-state index in [2.05, 4.69) is 32.2 Å². The van der Waals surface area contributed by atoms with Crippen molar-refractivity contribution in [2.45, 2.75) is 33.2 Å². The summed E-state index contributed by atoms with van der Waals surface area (Å²) in [4.78, 5) is 0. The van der Waals surface area contributed by atoms with Crippen LogP contribution in [-0.2, 0) is 6.42 Å². The number of hydrogen-bond donors (Lipinski definition) is 1. The molecule has 0 amide bonds. The van der Waals surface area contributed by atoms with Gasteiger partial charge in [0.2, 0.25) is 0 Å². The normalized spacial score (nSPS) is 21.2. The summed E-state index contributed by atoms with van der Waals surface area (Å²) in [6.45, 7) is 7.82. The van der Waals surface area contributed by atoms with E-state index in [0.29, 0.717) is 6.04 Å². The SMILES string of the molecule is CC(C)(C)C1NCCc2c(Cl)cccc21. The quantitative estimate of drug-likeness (QED) is 0.709. The largest absolute Gasteiger partial charge is 0.309 e. The van der Waals surface area contributed by atoms with Gasteiger partial charge >= 0.3 is 0 Å². The number of hydrogen-bond acceptors (Lipinski definition) is 1. The Hall–Kier alpha value is -0.530. The molecule has 0 saturated carbocycles. The molecule has 0 radical (unpaired) electrons. The standard InChI is InChI=1S/C13H18ClN/c1-13(2,3)12-10-5-4-6-11(14)9(10)7-8-15-12/h4-6,12,15H,7-8H2,1-3H3. The lowest BCUT2D eigenvalue weighted by Crippen LogP contribution is -2.37. The molecular formula is C13H18ClN. The Kier molecular flexibility index (Phi) is 2.78. The zero-order chi connectivity index (χ0) is 11.1. The van der Waals surface area contributed by atoms with E-state index in [-0.39, 0.29) is 5.41 Å². The van der Waals surface area contributed by atoms with Gasteiger partial charge in [-0.1, -0.05) is 44.5 Å². The molecule has 0 fully saturated rings. The zero-order valence-corrected chi connectivity index (χ0v) is 10.4. The van der Waals surface area contributed by atoms with Crippen LogP contribution in [0.1, 0.15) is 37.9 Å². The van der Waals surface area contributed by atoms with E-state index in [1.807, 2.05) is 12.1 Å². The Bertz CT molecular complexity index is 365. The van der Waals surface area contributed by atoms with Gasteiger partial charge in [0.1, 0.15) is 0 Å². The molecule has 1 heterocycles. The maximum Gasteiger partial charge on any atom is 0.0441 e. The number of rotatable bonds is 0. The summed E-state index contributed by atoms with van der Waals surface area (Å²) < 4.78 is 0. The molecule has 1 atom stereocenters. The van der Waals surface area contributed by atoms with Gasteiger partial charge in [0.25, 0.3) is 0 Å². The van der Waals surface area contributed by atoms with E-state index in [1.165, 1.54) is 11.1 Å². The van der Waals surface area contributed by atoms with Crippen molar-refractivity contribution >= 4 is 11.6 Å². The Morgan fingerprint density at radius 1 is 1.33 bits per heavy atom. The number of nitrogens with one attached hydrogen (secondary N) is 1. The molecule has 15 heavy (non-hydrogen) atoms. The third-order valence-corrected chi connectivity index (χ3v) is 3.41. The fourth-order valence-corrected chi connectivity index (χ4v) is 2.61. The van der Waals surface area contributed by atoms with Crippen molar-refractivity contribution in [1.29, 1.82) is 0 Å². The molecule has 1 aromatic carbocycles. The van der Waals surface area contributed by atoms with Crippen LogP contribution in [0.15, 0.2) is 18.2 Å². The van der Waals surface area contributed by atoms with Crippen molar-refractivity contribution in [3.8, 4) is 0 Å². The molecule has 2 rings (SSSR count). The van der Waals surface area contributed by atoms with Crippen molar-refractivity contribution < 1.29 is 0 Å². The topological polar surface area (TPSA) is 12.0 Å². The molecule has 1 aliphatic heterocycles. The van der Waals surface area contributed by atoms with Crippen LogP contribution in [-0.4, -0.2) is 6.54 Å². The van der Waals surface area contributed by atoms with Gasteiger partial charge in [-0.2, -0.15) is 0 Å². The highest BCUT2D eigenvalue weighted by Gasteiger charge is 2.30. The van der Waals surface area contributed by atoms with E-state index >= 15 is 0 Å². The Morgan fingerprint density at radius 3 is 2.73 bits per heavy atom. The predicted octanol–water partition coefficient (Wildman–Crippen LogP) is 3.57. The number of benzene rings is 1. The molecule has 1 nitrogen and oxygen atoms in total. The summed E-state index contributed by atoms with van der Waals surface area (Å²) in [6, 6.07) is 6.65. The summed E-state index contributed by atoms with van der Waals surface area (Å²) in [7, 11) is 0. The average Bonchev–Trinajstić information content (AvgIpc) is 2.16. The van der Waals surface area contributed by atoms with Crippen molar-refractivity contribution in [3.63, 3.8) is 0 Å². The Morgan fingerprint density at radius 2 is 2.07 bits per heavy atom. The Labute approximate surface area is 96.8 Å². The smallest absolute Gasteiger partial charge is 0.0441 e. The van der Waals surface area contributed by atoms with E-state index in [9.17, 15) is 0 Å². The zero-order valence-electron chi connectivity index (χ0n) is 9.60. The maximum absolute atomic E-state index is 6.23. The molecule has 1 aliphatic rings. The second-order valence-electron chi connectivity index (χ2n) is 5.31. The number of fused-ring (bicyclic) bond motifs is 1. The molecule has 82 valence electrons. The van der Waals surface area contributed by atoms with Crippen LogP contribution in [0.4, 0.5) is 0 Å². The van der Waals surface area contributed by atoms with Crippen LogP contribution in [0.25, 0.3) is 0 Å². The molecule has 0 bridgehead atoms. The van der Waals surface area contributed by atoms with E-state index in [0.717, 1.165) is 18.0 Å². The molecule has 1 unspecified atom stereocenters. The first-order valence-electron chi connectivity index (χ1n) is 5.51. The highest BCUT2D eigenvalue weighted by atomic mass is 35.5. The van der Waals surface area contributed by atoms with Gasteiger partial charge in [-0.25, -0.2) is 0 Å². The highest BCUT2D eigenvalue weighted by Crippen LogP contribution is 2.38. The lowest BCUT2D eigenvalue weighted by atomic mass is 9.78. The predicted molar refractivity (Wildman–Crippen MR) is 65.4 cm³/mol. The van der Waals surface area contributed by atoms with Crippen LogP contribution in [0, 0.1) is 5.41 Å². The summed E-state index contributed by atoms with van der Waals surface area (Å²) in [6.07, 6.45) is 1.04. The van der Waals surface area contributed by atoms with Crippen LogP contribution in [0.2, 0.25) is 5.02 Å². The lowest BCUT2D eigenvalue weighted by Gasteiger charge is -2.37. The molecule has 0 aromatic heterocycles. The monoisotopic (exact) mass is 223 g/mol. The van der Waals surface area contributed by atoms with Gasteiger partial charge in [-0.15, -0.1) is 0 Å². The molecule has 1 aromatic rings. The first kappa shape index (κ1) is 11.0. The van der Waals surface area contributed by atoms with Crippen molar-refractivity contribution in [1.82, 2.24) is 5.32 Å². The molecule has 0 saturated heterocycles. The van der Waals surface area contributed by atoms with Crippen LogP contribution in [0.3, 0.4) is 0 Å². The molecule has 2 heteroatoms. The summed E-state index contributed by atoms with van der Waals surface area (Å²) in [5, 5.41) is 4.50. The van der Waals surface area contributed by atoms with Crippen molar-refractivity contribution in [2.24, 2.45) is 5.41 Å². The van der Waals surface area contributed by atoms with Crippen molar-refractivity contribution in [2.75, 3.05) is 6.54 Å². The molecule has 1 N–H and O–H groups in total. The van der Waals surface area contributed by atoms with E-state index < -0.39 is 0 Å². The van der Waals surface area contributed by atoms with Crippen LogP contribution >= 0.6 is 11.6 Å². The van der Waals surface area contributed by atoms with Crippen molar-refractivity contribution in [3.05, 3.63) is 34.3 Å². The average molecular weight is 224 g/mol. The third-order valence-electron chi connectivity index (χ3n) is 3.06. The van der Waals surface area contributed by atoms with E-state index in [1.54, 1.807) is 0 Å². The van der Waals surface area contributed by atoms with Gasteiger partial charge in [-0.05, 0) is 35.6 Å². The third kappa shape index (κ3) is 2.04. The van der Waals surface area contributed by atoms with Gasteiger partial charge in [0, 0.05) is 11.1 Å². The summed E-state index contributed by atoms with van der Waals surface area (Å²) >= 11 is 6.23. The maximum atomic E-state index is 6.23. The van der Waals surface area contributed by atoms with Gasteiger partial charge in [0.05, 0.1) is 0 Å². The van der Waals surface area contributed by atoms with E-state index in [4.69, 9.17) is 11.6 Å². The summed E-state index contributed by atoms with van der Waals surface area (Å²) in [5.41, 5.74) is 2.94. The van der Waals surface area contributed by atoms with Crippen LogP contribution in [0.5, 0.6) is 0 Å². The van der Waals surface area contributed by atoms with Gasteiger partial charge in [0.15, 0.2) is 0 Å². The Balaban J connectivity index is 2.48. The fourth-order valence-electron chi connectivity index (χ4n) is 2.33. The molecule has 0 aliphatic carbocycles. The van der Waals surface area contributed by atoms with Gasteiger partial charge in [-0.3, -0.25) is 0 Å². The first-order valence-corrected chi connectivity index (χ1v) is 5.88. The fraction of sp³-hybridized carbons (Fsp3) is 0.538. The highest BCUT2D eigenvalue weighted by molar-refractivity contribution is 6.31.